The van der Waals surface area contributed by atoms with Crippen molar-refractivity contribution in [2.45, 2.75) is 37.1 Å². The van der Waals surface area contributed by atoms with E-state index in [9.17, 15) is 23.6 Å². The molecule has 0 fully saturated rings. The number of carboxylic acids is 1. The summed E-state index contributed by atoms with van der Waals surface area (Å²) in [6.45, 7) is 1.89. The largest absolute Gasteiger partial charge is 0.480 e. The summed E-state index contributed by atoms with van der Waals surface area (Å²) >= 11 is 12.6. The van der Waals surface area contributed by atoms with Crippen LogP contribution >= 0.6 is 23.2 Å². The van der Waals surface area contributed by atoms with Crippen LogP contribution in [-0.2, 0) is 14.8 Å². The van der Waals surface area contributed by atoms with Crippen LogP contribution in [0.15, 0.2) is 53.4 Å². The first kappa shape index (κ1) is 24.0. The molecule has 3 rings (SSSR count). The van der Waals surface area contributed by atoms with E-state index in [1.54, 1.807) is 36.4 Å². The van der Waals surface area contributed by atoms with Crippen LogP contribution < -0.4 is 4.72 Å². The lowest BCUT2D eigenvalue weighted by atomic mass is 9.96. The van der Waals surface area contributed by atoms with E-state index in [4.69, 9.17) is 23.2 Å². The molecule has 2 N–H and O–H groups in total. The fourth-order valence-corrected chi connectivity index (χ4v) is 5.75. The van der Waals surface area contributed by atoms with E-state index in [0.29, 0.717) is 28.3 Å². The molecule has 0 radical (unpaired) electrons. The second-order valence-corrected chi connectivity index (χ2v) is 9.76. The summed E-state index contributed by atoms with van der Waals surface area (Å²) in [7, 11) is -4.31. The fraction of sp³-hybridized carbons (Fsp3) is 0.217. The molecule has 0 bridgehead atoms. The number of benzene rings is 3. The highest BCUT2D eigenvalue weighted by Gasteiger charge is 2.29. The minimum atomic E-state index is -4.31. The van der Waals surface area contributed by atoms with Crippen molar-refractivity contribution in [3.05, 3.63) is 64.1 Å². The Hall–Kier alpha value is -2.63. The Labute approximate surface area is 196 Å². The number of hydrogen-bond acceptors (Lipinski definition) is 4. The molecule has 9 heteroatoms. The number of aliphatic carboxylic acids is 1. The van der Waals surface area contributed by atoms with Gasteiger partial charge >= 0.3 is 5.97 Å². The first-order chi connectivity index (χ1) is 15.2. The monoisotopic (exact) mass is 490 g/mol. The summed E-state index contributed by atoms with van der Waals surface area (Å²) in [5, 5.41) is 20.4. The van der Waals surface area contributed by atoms with Crippen molar-refractivity contribution >= 4 is 50.0 Å². The Kier molecular flexibility index (Phi) is 7.42. The number of hydrogen-bond donors (Lipinski definition) is 2. The van der Waals surface area contributed by atoms with Crippen molar-refractivity contribution in [2.75, 3.05) is 0 Å². The van der Waals surface area contributed by atoms with Gasteiger partial charge in [-0.3, -0.25) is 4.79 Å². The van der Waals surface area contributed by atoms with Crippen LogP contribution in [0, 0.1) is 11.3 Å². The van der Waals surface area contributed by atoms with E-state index in [-0.39, 0.29) is 26.9 Å². The van der Waals surface area contributed by atoms with Gasteiger partial charge in [0.05, 0.1) is 21.6 Å². The zero-order valence-electron chi connectivity index (χ0n) is 17.1. The Bertz CT molecular complexity index is 1330. The molecule has 6 nitrogen and oxygen atoms in total. The third-order valence-electron chi connectivity index (χ3n) is 5.06. The smallest absolute Gasteiger partial charge is 0.321 e. The summed E-state index contributed by atoms with van der Waals surface area (Å²) < 4.78 is 28.9. The Morgan fingerprint density at radius 1 is 1.16 bits per heavy atom. The van der Waals surface area contributed by atoms with E-state index in [0.717, 1.165) is 6.42 Å². The Morgan fingerprint density at radius 3 is 2.50 bits per heavy atom. The number of nitrogens with zero attached hydrogens (tertiary/aromatic N) is 1. The molecule has 0 aromatic heterocycles. The number of nitrogens with one attached hydrogen (secondary N) is 1. The number of unbranched alkanes of at least 4 members (excludes halogenated alkanes) is 1. The highest BCUT2D eigenvalue weighted by molar-refractivity contribution is 7.89. The first-order valence-corrected chi connectivity index (χ1v) is 12.1. The van der Waals surface area contributed by atoms with Crippen LogP contribution in [-0.4, -0.2) is 25.5 Å². The molecule has 0 saturated carbocycles. The number of carboxylic acid groups (broad SMARTS) is 1. The van der Waals surface area contributed by atoms with Crippen LogP contribution in [0.25, 0.3) is 21.9 Å². The van der Waals surface area contributed by atoms with Crippen LogP contribution in [0.5, 0.6) is 0 Å². The van der Waals surface area contributed by atoms with Gasteiger partial charge in [-0.25, -0.2) is 8.42 Å². The van der Waals surface area contributed by atoms with E-state index < -0.39 is 22.0 Å². The molecule has 1 unspecified atom stereocenters. The number of nitriles is 1. The molecule has 0 saturated heterocycles. The zero-order chi connectivity index (χ0) is 23.5. The summed E-state index contributed by atoms with van der Waals surface area (Å²) in [5.41, 5.74) is 1.11. The van der Waals surface area contributed by atoms with Gasteiger partial charge in [-0.15, -0.1) is 0 Å². The maximum Gasteiger partial charge on any atom is 0.321 e. The maximum atomic E-state index is 13.3. The molecule has 3 aromatic rings. The van der Waals surface area contributed by atoms with E-state index in [1.165, 1.54) is 12.1 Å². The molecule has 166 valence electrons. The lowest BCUT2D eigenvalue weighted by Gasteiger charge is -2.19. The lowest BCUT2D eigenvalue weighted by Crippen LogP contribution is -2.40. The SMILES string of the molecule is CCCCC(NS(=O)(=O)c1cc(Cl)cc(Cl)c1-c1cccc2c(C#N)cccc12)C(=O)O. The molecule has 0 spiro atoms. The average Bonchev–Trinajstić information content (AvgIpc) is 2.75. The van der Waals surface area contributed by atoms with Crippen molar-refractivity contribution < 1.29 is 18.3 Å². The summed E-state index contributed by atoms with van der Waals surface area (Å²) in [4.78, 5) is 11.4. The Morgan fingerprint density at radius 2 is 1.84 bits per heavy atom. The van der Waals surface area contributed by atoms with Crippen LogP contribution in [0.3, 0.4) is 0 Å². The van der Waals surface area contributed by atoms with Crippen molar-refractivity contribution in [3.8, 4) is 17.2 Å². The number of fused-ring (bicyclic) bond motifs is 1. The number of sulfonamides is 1. The van der Waals surface area contributed by atoms with Crippen LogP contribution in [0.1, 0.15) is 31.7 Å². The molecule has 32 heavy (non-hydrogen) atoms. The summed E-state index contributed by atoms with van der Waals surface area (Å²) in [6.07, 6.45) is 1.41. The predicted molar refractivity (Wildman–Crippen MR) is 125 cm³/mol. The second kappa shape index (κ2) is 9.88. The summed E-state index contributed by atoms with van der Waals surface area (Å²) in [5.74, 6) is -1.26. The quantitative estimate of drug-likeness (QED) is 0.426. The maximum absolute atomic E-state index is 13.3. The predicted octanol–water partition coefficient (Wildman–Crippen LogP) is 5.61. The van der Waals surface area contributed by atoms with Crippen molar-refractivity contribution in [2.24, 2.45) is 0 Å². The summed E-state index contributed by atoms with van der Waals surface area (Å²) in [6, 6.07) is 13.8. The normalized spacial score (nSPS) is 12.4. The van der Waals surface area contributed by atoms with E-state index >= 15 is 0 Å². The van der Waals surface area contributed by atoms with Gasteiger partial charge in [-0.2, -0.15) is 9.98 Å². The van der Waals surface area contributed by atoms with Crippen LogP contribution in [0.4, 0.5) is 0 Å². The van der Waals surface area contributed by atoms with E-state index in [1.807, 2.05) is 6.92 Å². The fourth-order valence-electron chi connectivity index (χ4n) is 3.54. The number of carbonyl (C=O) groups is 1. The van der Waals surface area contributed by atoms with Crippen LogP contribution in [0.2, 0.25) is 10.0 Å². The first-order valence-electron chi connectivity index (χ1n) is 9.86. The second-order valence-electron chi connectivity index (χ2n) is 7.23. The minimum Gasteiger partial charge on any atom is -0.480 e. The molecule has 1 atom stereocenters. The average molecular weight is 491 g/mol. The number of rotatable bonds is 8. The highest BCUT2D eigenvalue weighted by Crippen LogP contribution is 2.40. The molecule has 3 aromatic carbocycles. The molecule has 0 aliphatic rings. The number of halogens is 2. The standard InChI is InChI=1S/C23H20Cl2N2O4S/c1-2-3-10-20(23(28)29)27-32(30,31)21-12-15(24)11-19(25)22(21)18-9-5-7-16-14(13-26)6-4-8-17(16)18/h4-9,11-12,20,27H,2-3,10H2,1H3,(H,28,29). The highest BCUT2D eigenvalue weighted by atomic mass is 35.5. The molecule has 0 aliphatic heterocycles. The van der Waals surface area contributed by atoms with Gasteiger partial charge in [0.1, 0.15) is 6.04 Å². The van der Waals surface area contributed by atoms with Gasteiger partial charge in [0.25, 0.3) is 0 Å². The molecule has 0 aliphatic carbocycles. The van der Waals surface area contributed by atoms with Gasteiger partial charge in [0.15, 0.2) is 0 Å². The van der Waals surface area contributed by atoms with Crippen molar-refractivity contribution in [1.29, 1.82) is 5.26 Å². The van der Waals surface area contributed by atoms with Gasteiger partial charge in [-0.1, -0.05) is 73.3 Å². The zero-order valence-corrected chi connectivity index (χ0v) is 19.4. The molecular weight excluding hydrogens is 471 g/mol. The van der Waals surface area contributed by atoms with Gasteiger partial charge < -0.3 is 5.11 Å². The van der Waals surface area contributed by atoms with Gasteiger partial charge in [0, 0.05) is 16.0 Å². The van der Waals surface area contributed by atoms with Crippen molar-refractivity contribution in [1.82, 2.24) is 4.72 Å². The molecular formula is C23H20Cl2N2O4S. The van der Waals surface area contributed by atoms with E-state index in [2.05, 4.69) is 10.8 Å². The lowest BCUT2D eigenvalue weighted by molar-refractivity contribution is -0.139. The third-order valence-corrected chi connectivity index (χ3v) is 7.07. The topological polar surface area (TPSA) is 107 Å². The Balaban J connectivity index is 2.25. The van der Waals surface area contributed by atoms with Crippen molar-refractivity contribution in [3.63, 3.8) is 0 Å². The molecule has 0 amide bonds. The van der Waals surface area contributed by atoms with Gasteiger partial charge in [-0.05, 0) is 35.6 Å². The third kappa shape index (κ3) is 4.89. The van der Waals surface area contributed by atoms with Gasteiger partial charge in [0.2, 0.25) is 10.0 Å². The molecule has 0 heterocycles. The minimum absolute atomic E-state index is 0.0909.